The number of rotatable bonds is 2. The van der Waals surface area contributed by atoms with Gasteiger partial charge in [0.05, 0.1) is 12.7 Å². The molecule has 1 atom stereocenters. The summed E-state index contributed by atoms with van der Waals surface area (Å²) in [7, 11) is 5.40. The predicted octanol–water partition coefficient (Wildman–Crippen LogP) is 2.46. The zero-order valence-corrected chi connectivity index (χ0v) is 6.64. The molecule has 1 aliphatic carbocycles. The lowest BCUT2D eigenvalue weighted by atomic mass is 9.88. The molecule has 1 unspecified atom stereocenters. The number of halogens is 1. The first kappa shape index (κ1) is 7.94. The van der Waals surface area contributed by atoms with Crippen molar-refractivity contribution in [2.75, 3.05) is 0 Å². The van der Waals surface area contributed by atoms with Gasteiger partial charge < -0.3 is 0 Å². The van der Waals surface area contributed by atoms with Crippen molar-refractivity contribution in [2.45, 2.75) is 24.0 Å². The van der Waals surface area contributed by atoms with Crippen LogP contribution in [0.4, 0.5) is 0 Å². The molecule has 0 nitrogen and oxygen atoms in total. The first-order valence-electron chi connectivity index (χ1n) is 3.50. The Morgan fingerprint density at radius 1 is 1.50 bits per heavy atom. The number of hydrogen-bond donors (Lipinski definition) is 0. The standard InChI is InChI=1S/C8H10BCl/c9-7-6-8(10)4-2-1-3-5-8/h1-4H,5-7H2. The van der Waals surface area contributed by atoms with Crippen LogP contribution >= 0.6 is 11.6 Å². The second-order valence-corrected chi connectivity index (χ2v) is 3.32. The molecule has 10 heavy (non-hydrogen) atoms. The van der Waals surface area contributed by atoms with Crippen LogP contribution in [-0.2, 0) is 0 Å². The van der Waals surface area contributed by atoms with E-state index in [-0.39, 0.29) is 4.87 Å². The quantitative estimate of drug-likeness (QED) is 0.421. The van der Waals surface area contributed by atoms with E-state index < -0.39 is 0 Å². The SMILES string of the molecule is [B]CCC1(Cl)C=CC=CC1. The van der Waals surface area contributed by atoms with Crippen LogP contribution in [0, 0.1) is 0 Å². The van der Waals surface area contributed by atoms with E-state index in [1.165, 1.54) is 0 Å². The summed E-state index contributed by atoms with van der Waals surface area (Å²) in [5.41, 5.74) is 0. The number of allylic oxidation sites excluding steroid dienone is 4. The number of hydrogen-bond acceptors (Lipinski definition) is 0. The van der Waals surface area contributed by atoms with Crippen molar-refractivity contribution >= 4 is 19.4 Å². The Labute approximate surface area is 68.4 Å². The van der Waals surface area contributed by atoms with E-state index >= 15 is 0 Å². The minimum Gasteiger partial charge on any atom is -0.114 e. The third kappa shape index (κ3) is 1.91. The Bertz CT molecular complexity index is 163. The Morgan fingerprint density at radius 3 is 2.80 bits per heavy atom. The van der Waals surface area contributed by atoms with Gasteiger partial charge in [-0.05, 0) is 12.8 Å². The molecule has 1 aliphatic rings. The maximum absolute atomic E-state index is 6.16. The van der Waals surface area contributed by atoms with Crippen molar-refractivity contribution in [3.05, 3.63) is 24.3 Å². The molecule has 0 saturated heterocycles. The van der Waals surface area contributed by atoms with Crippen LogP contribution in [0.25, 0.3) is 0 Å². The van der Waals surface area contributed by atoms with Gasteiger partial charge in [-0.25, -0.2) is 0 Å². The highest BCUT2D eigenvalue weighted by atomic mass is 35.5. The highest BCUT2D eigenvalue weighted by Gasteiger charge is 2.21. The third-order valence-corrected chi connectivity index (χ3v) is 2.13. The second kappa shape index (κ2) is 3.29. The Hall–Kier alpha value is -0.165. The molecule has 0 N–H and O–H groups in total. The molecule has 2 radical (unpaired) electrons. The topological polar surface area (TPSA) is 0 Å². The molecule has 0 aromatic carbocycles. The van der Waals surface area contributed by atoms with Gasteiger partial charge >= 0.3 is 0 Å². The largest absolute Gasteiger partial charge is 0.114 e. The maximum Gasteiger partial charge on any atom is 0.0656 e. The first-order valence-corrected chi connectivity index (χ1v) is 3.88. The van der Waals surface area contributed by atoms with E-state index in [2.05, 4.69) is 6.08 Å². The Balaban J connectivity index is 2.52. The Morgan fingerprint density at radius 2 is 2.30 bits per heavy atom. The normalized spacial score (nSPS) is 30.9. The van der Waals surface area contributed by atoms with Gasteiger partial charge in [0.2, 0.25) is 0 Å². The van der Waals surface area contributed by atoms with E-state index in [4.69, 9.17) is 19.4 Å². The fourth-order valence-electron chi connectivity index (χ4n) is 1.06. The van der Waals surface area contributed by atoms with Crippen molar-refractivity contribution in [1.82, 2.24) is 0 Å². The van der Waals surface area contributed by atoms with Crippen LogP contribution in [0.15, 0.2) is 24.3 Å². The highest BCUT2D eigenvalue weighted by Crippen LogP contribution is 2.29. The van der Waals surface area contributed by atoms with E-state index in [0.29, 0.717) is 6.32 Å². The van der Waals surface area contributed by atoms with Crippen LogP contribution in [0.3, 0.4) is 0 Å². The summed E-state index contributed by atoms with van der Waals surface area (Å²) < 4.78 is 0. The number of alkyl halides is 1. The summed E-state index contributed by atoms with van der Waals surface area (Å²) in [4.78, 5) is -0.191. The zero-order chi connectivity index (χ0) is 7.45. The van der Waals surface area contributed by atoms with Gasteiger partial charge in [-0.3, -0.25) is 0 Å². The summed E-state index contributed by atoms with van der Waals surface area (Å²) in [6, 6.07) is 0. The molecule has 52 valence electrons. The lowest BCUT2D eigenvalue weighted by Gasteiger charge is -2.22. The van der Waals surface area contributed by atoms with Gasteiger partial charge in [-0.15, -0.1) is 11.6 Å². The van der Waals surface area contributed by atoms with Gasteiger partial charge in [-0.1, -0.05) is 30.6 Å². The summed E-state index contributed by atoms with van der Waals surface area (Å²) in [5, 5.41) is 0. The monoisotopic (exact) mass is 152 g/mol. The van der Waals surface area contributed by atoms with Crippen LogP contribution in [0.2, 0.25) is 6.32 Å². The molecule has 0 spiro atoms. The molecule has 0 saturated carbocycles. The second-order valence-electron chi connectivity index (χ2n) is 2.56. The summed E-state index contributed by atoms with van der Waals surface area (Å²) in [6.07, 6.45) is 10.5. The van der Waals surface area contributed by atoms with Crippen molar-refractivity contribution in [1.29, 1.82) is 0 Å². The fraction of sp³-hybridized carbons (Fsp3) is 0.500. The molecule has 0 fully saturated rings. The molecule has 0 aromatic rings. The average molecular weight is 152 g/mol. The lowest BCUT2D eigenvalue weighted by Crippen LogP contribution is -2.17. The molecular formula is C8H10BCl. The molecule has 0 amide bonds. The van der Waals surface area contributed by atoms with Crippen molar-refractivity contribution in [3.8, 4) is 0 Å². The molecule has 0 heterocycles. The molecule has 0 aliphatic heterocycles. The zero-order valence-electron chi connectivity index (χ0n) is 5.89. The summed E-state index contributed by atoms with van der Waals surface area (Å²) in [6.45, 7) is 0. The van der Waals surface area contributed by atoms with Crippen LogP contribution in [-0.4, -0.2) is 12.7 Å². The maximum atomic E-state index is 6.16. The van der Waals surface area contributed by atoms with Crippen LogP contribution in [0.1, 0.15) is 12.8 Å². The lowest BCUT2D eigenvalue weighted by molar-refractivity contribution is 0.675. The van der Waals surface area contributed by atoms with E-state index in [1.54, 1.807) is 0 Å². The predicted molar refractivity (Wildman–Crippen MR) is 46.7 cm³/mol. The van der Waals surface area contributed by atoms with Gasteiger partial charge in [0.25, 0.3) is 0 Å². The van der Waals surface area contributed by atoms with Crippen molar-refractivity contribution < 1.29 is 0 Å². The highest BCUT2D eigenvalue weighted by molar-refractivity contribution is 6.26. The molecular weight excluding hydrogens is 142 g/mol. The van der Waals surface area contributed by atoms with E-state index in [0.717, 1.165) is 12.8 Å². The average Bonchev–Trinajstić information content (AvgIpc) is 1.89. The van der Waals surface area contributed by atoms with Crippen molar-refractivity contribution in [2.24, 2.45) is 0 Å². The van der Waals surface area contributed by atoms with Gasteiger partial charge in [0, 0.05) is 0 Å². The van der Waals surface area contributed by atoms with Crippen LogP contribution in [0.5, 0.6) is 0 Å². The minimum atomic E-state index is -0.191. The summed E-state index contributed by atoms with van der Waals surface area (Å²) in [5.74, 6) is 0. The van der Waals surface area contributed by atoms with Gasteiger partial charge in [0.1, 0.15) is 0 Å². The van der Waals surface area contributed by atoms with Crippen molar-refractivity contribution in [3.63, 3.8) is 0 Å². The summed E-state index contributed by atoms with van der Waals surface area (Å²) >= 11 is 6.16. The first-order chi connectivity index (χ1) is 4.77. The fourth-order valence-corrected chi connectivity index (χ4v) is 1.33. The van der Waals surface area contributed by atoms with E-state index in [1.807, 2.05) is 18.2 Å². The molecule has 1 rings (SSSR count). The van der Waals surface area contributed by atoms with Gasteiger partial charge in [0.15, 0.2) is 0 Å². The van der Waals surface area contributed by atoms with E-state index in [9.17, 15) is 0 Å². The Kier molecular flexibility index (Phi) is 2.61. The van der Waals surface area contributed by atoms with Gasteiger partial charge in [-0.2, -0.15) is 0 Å². The smallest absolute Gasteiger partial charge is 0.0656 e. The van der Waals surface area contributed by atoms with Crippen LogP contribution < -0.4 is 0 Å². The third-order valence-electron chi connectivity index (χ3n) is 1.66. The minimum absolute atomic E-state index is 0.191. The molecule has 2 heteroatoms. The molecule has 0 bridgehead atoms. The molecule has 0 aromatic heterocycles.